The number of alkyl halides is 3. The fourth-order valence-electron chi connectivity index (χ4n) is 2.73. The van der Waals surface area contributed by atoms with Crippen molar-refractivity contribution in [3.8, 4) is 11.6 Å². The van der Waals surface area contributed by atoms with Crippen LogP contribution in [-0.2, 0) is 17.5 Å². The molecular weight excluding hydrogens is 405 g/mol. The van der Waals surface area contributed by atoms with Gasteiger partial charge in [-0.1, -0.05) is 6.07 Å². The fourth-order valence-corrected chi connectivity index (χ4v) is 2.73. The van der Waals surface area contributed by atoms with Crippen molar-refractivity contribution < 1.29 is 32.2 Å². The molecule has 0 aliphatic carbocycles. The van der Waals surface area contributed by atoms with Crippen LogP contribution in [0.5, 0.6) is 11.6 Å². The van der Waals surface area contributed by atoms with E-state index in [2.05, 4.69) is 10.3 Å². The van der Waals surface area contributed by atoms with Crippen LogP contribution in [0.3, 0.4) is 0 Å². The van der Waals surface area contributed by atoms with E-state index >= 15 is 0 Å². The van der Waals surface area contributed by atoms with Crippen molar-refractivity contribution in [1.82, 2.24) is 15.2 Å². The summed E-state index contributed by atoms with van der Waals surface area (Å²) in [6, 6.07) is 8.07. The topological polar surface area (TPSA) is 107 Å². The molecule has 0 atom stereocenters. The number of halogens is 3. The Labute approximate surface area is 169 Å². The molecule has 0 unspecified atom stereocenters. The van der Waals surface area contributed by atoms with Gasteiger partial charge in [0, 0.05) is 31.3 Å². The largest absolute Gasteiger partial charge is 0.448 e. The minimum absolute atomic E-state index is 0.116. The highest BCUT2D eigenvalue weighted by Gasteiger charge is 2.33. The minimum Gasteiger partial charge on any atom is -0.448 e. The Kier molecular flexibility index (Phi) is 6.40. The van der Waals surface area contributed by atoms with E-state index in [4.69, 9.17) is 15.2 Å². The summed E-state index contributed by atoms with van der Waals surface area (Å²) < 4.78 is 49.2. The van der Waals surface area contributed by atoms with Gasteiger partial charge < -0.3 is 25.4 Å². The number of ether oxygens (including phenoxy) is 2. The number of nitrogens with zero attached hydrogens (tertiary/aromatic N) is 2. The second-order valence-corrected chi connectivity index (χ2v) is 6.39. The molecule has 0 bridgehead atoms. The Bertz CT molecular complexity index is 936. The van der Waals surface area contributed by atoms with Crippen LogP contribution in [0.25, 0.3) is 0 Å². The highest BCUT2D eigenvalue weighted by Crippen LogP contribution is 2.31. The predicted molar refractivity (Wildman–Crippen MR) is 98.9 cm³/mol. The Balaban J connectivity index is 1.66. The van der Waals surface area contributed by atoms with E-state index in [9.17, 15) is 22.8 Å². The SMILES string of the molecule is NCc1cc(Oc2cccc(C(=O)NCCN3CCOC3=O)c2)nc(C(F)(F)F)c1. The van der Waals surface area contributed by atoms with E-state index in [-0.39, 0.29) is 35.8 Å². The highest BCUT2D eigenvalue weighted by atomic mass is 19.4. The standard InChI is InChI=1S/C19H19F3N4O4/c20-19(21,22)15-8-12(11-23)9-16(25-15)30-14-3-1-2-13(10-14)17(27)24-4-5-26-6-7-29-18(26)28/h1-3,8-10H,4-7,11,23H2,(H,24,27). The first kappa shape index (κ1) is 21.4. The van der Waals surface area contributed by atoms with Crippen LogP contribution >= 0.6 is 0 Å². The zero-order valence-electron chi connectivity index (χ0n) is 15.7. The zero-order chi connectivity index (χ0) is 21.7. The second kappa shape index (κ2) is 8.99. The lowest BCUT2D eigenvalue weighted by Crippen LogP contribution is -2.35. The molecule has 30 heavy (non-hydrogen) atoms. The third-order valence-electron chi connectivity index (χ3n) is 4.22. The van der Waals surface area contributed by atoms with Crippen molar-refractivity contribution in [1.29, 1.82) is 0 Å². The number of hydrogen-bond acceptors (Lipinski definition) is 6. The normalized spacial score (nSPS) is 13.9. The molecule has 1 aromatic heterocycles. The van der Waals surface area contributed by atoms with Crippen molar-refractivity contribution in [2.75, 3.05) is 26.2 Å². The van der Waals surface area contributed by atoms with Gasteiger partial charge in [-0.2, -0.15) is 13.2 Å². The molecule has 2 aromatic rings. The van der Waals surface area contributed by atoms with Gasteiger partial charge in [0.2, 0.25) is 5.88 Å². The first-order valence-electron chi connectivity index (χ1n) is 9.02. The summed E-state index contributed by atoms with van der Waals surface area (Å²) >= 11 is 0. The molecule has 1 fully saturated rings. The maximum Gasteiger partial charge on any atom is 0.433 e. The average Bonchev–Trinajstić information content (AvgIpc) is 3.12. The molecule has 8 nitrogen and oxygen atoms in total. The van der Waals surface area contributed by atoms with Gasteiger partial charge in [0.05, 0.1) is 6.54 Å². The molecule has 160 valence electrons. The van der Waals surface area contributed by atoms with Crippen molar-refractivity contribution in [2.45, 2.75) is 12.7 Å². The van der Waals surface area contributed by atoms with Gasteiger partial charge in [-0.25, -0.2) is 9.78 Å². The van der Waals surface area contributed by atoms with Gasteiger partial charge in [0.15, 0.2) is 0 Å². The van der Waals surface area contributed by atoms with Crippen molar-refractivity contribution in [2.24, 2.45) is 5.73 Å². The Morgan fingerprint density at radius 1 is 1.30 bits per heavy atom. The van der Waals surface area contributed by atoms with E-state index < -0.39 is 23.9 Å². The van der Waals surface area contributed by atoms with Crippen molar-refractivity contribution >= 4 is 12.0 Å². The minimum atomic E-state index is -4.65. The van der Waals surface area contributed by atoms with Crippen LogP contribution in [0.2, 0.25) is 0 Å². The average molecular weight is 424 g/mol. The lowest BCUT2D eigenvalue weighted by molar-refractivity contribution is -0.141. The maximum atomic E-state index is 13.0. The van der Waals surface area contributed by atoms with Crippen LogP contribution < -0.4 is 15.8 Å². The summed E-state index contributed by atoms with van der Waals surface area (Å²) in [4.78, 5) is 28.6. The summed E-state index contributed by atoms with van der Waals surface area (Å²) in [6.07, 6.45) is -5.07. The number of rotatable bonds is 7. The summed E-state index contributed by atoms with van der Waals surface area (Å²) in [7, 11) is 0. The molecular formula is C19H19F3N4O4. The number of carbonyl (C=O) groups excluding carboxylic acids is 2. The number of carbonyl (C=O) groups is 2. The molecule has 0 radical (unpaired) electrons. The van der Waals surface area contributed by atoms with Crippen LogP contribution in [0.15, 0.2) is 36.4 Å². The number of benzene rings is 1. The zero-order valence-corrected chi connectivity index (χ0v) is 15.7. The van der Waals surface area contributed by atoms with Gasteiger partial charge in [0.25, 0.3) is 5.91 Å². The Morgan fingerprint density at radius 3 is 2.77 bits per heavy atom. The molecule has 2 heterocycles. The van der Waals surface area contributed by atoms with E-state index in [1.54, 1.807) is 0 Å². The number of aromatic nitrogens is 1. The molecule has 2 amide bonds. The van der Waals surface area contributed by atoms with E-state index in [1.165, 1.54) is 35.2 Å². The molecule has 1 aliphatic heterocycles. The third-order valence-corrected chi connectivity index (χ3v) is 4.22. The van der Waals surface area contributed by atoms with Crippen molar-refractivity contribution in [3.05, 3.63) is 53.2 Å². The smallest absolute Gasteiger partial charge is 0.433 e. The first-order valence-corrected chi connectivity index (χ1v) is 9.02. The maximum absolute atomic E-state index is 13.0. The van der Waals surface area contributed by atoms with E-state index in [0.29, 0.717) is 19.7 Å². The Morgan fingerprint density at radius 2 is 2.10 bits per heavy atom. The predicted octanol–water partition coefficient (Wildman–Crippen LogP) is 2.53. The number of pyridine rings is 1. The molecule has 1 aromatic carbocycles. The quantitative estimate of drug-likeness (QED) is 0.708. The van der Waals surface area contributed by atoms with Crippen molar-refractivity contribution in [3.63, 3.8) is 0 Å². The fraction of sp³-hybridized carbons (Fsp3) is 0.316. The molecule has 3 N–H and O–H groups in total. The summed E-state index contributed by atoms with van der Waals surface area (Å²) in [5.74, 6) is -0.566. The van der Waals surface area contributed by atoms with Gasteiger partial charge in [0.1, 0.15) is 18.1 Å². The van der Waals surface area contributed by atoms with Gasteiger partial charge in [-0.15, -0.1) is 0 Å². The molecule has 3 rings (SSSR count). The molecule has 11 heteroatoms. The number of cyclic esters (lactones) is 1. The summed E-state index contributed by atoms with van der Waals surface area (Å²) in [5, 5.41) is 2.66. The molecule has 1 saturated heterocycles. The summed E-state index contributed by atoms with van der Waals surface area (Å²) in [6.45, 7) is 1.19. The number of nitrogens with one attached hydrogen (secondary N) is 1. The molecule has 0 saturated carbocycles. The lowest BCUT2D eigenvalue weighted by atomic mass is 10.2. The van der Waals surface area contributed by atoms with Gasteiger partial charge in [-0.3, -0.25) is 4.79 Å². The summed E-state index contributed by atoms with van der Waals surface area (Å²) in [5.41, 5.74) is 4.78. The number of amides is 2. The number of nitrogens with two attached hydrogens (primary N) is 1. The van der Waals surface area contributed by atoms with Crippen LogP contribution in [0.1, 0.15) is 21.6 Å². The van der Waals surface area contributed by atoms with E-state index in [1.807, 2.05) is 0 Å². The first-order chi connectivity index (χ1) is 14.3. The monoisotopic (exact) mass is 424 g/mol. The van der Waals surface area contributed by atoms with Crippen LogP contribution in [0, 0.1) is 0 Å². The van der Waals surface area contributed by atoms with E-state index in [0.717, 1.165) is 6.07 Å². The van der Waals surface area contributed by atoms with Gasteiger partial charge >= 0.3 is 12.3 Å². The Hall–Kier alpha value is -3.34. The second-order valence-electron chi connectivity index (χ2n) is 6.39. The lowest BCUT2D eigenvalue weighted by Gasteiger charge is -2.13. The molecule has 1 aliphatic rings. The number of hydrogen-bond donors (Lipinski definition) is 2. The van der Waals surface area contributed by atoms with Crippen LogP contribution in [-0.4, -0.2) is 48.1 Å². The third kappa shape index (κ3) is 5.38. The van der Waals surface area contributed by atoms with Gasteiger partial charge in [-0.05, 0) is 29.8 Å². The highest BCUT2D eigenvalue weighted by molar-refractivity contribution is 5.94. The van der Waals surface area contributed by atoms with Crippen LogP contribution in [0.4, 0.5) is 18.0 Å². The molecule has 0 spiro atoms.